The molecule has 0 aromatic carbocycles. The van der Waals surface area contributed by atoms with Crippen LogP contribution in [0.2, 0.25) is 0 Å². The van der Waals surface area contributed by atoms with Crippen LogP contribution in [0.3, 0.4) is 0 Å². The van der Waals surface area contributed by atoms with Gasteiger partial charge in [0.15, 0.2) is 0 Å². The Kier molecular flexibility index (Phi) is 3.62. The summed E-state index contributed by atoms with van der Waals surface area (Å²) >= 11 is 0. The summed E-state index contributed by atoms with van der Waals surface area (Å²) in [6.07, 6.45) is 10.3. The van der Waals surface area contributed by atoms with Crippen molar-refractivity contribution in [3.8, 4) is 0 Å². The third-order valence-corrected chi connectivity index (χ3v) is 4.08. The Morgan fingerprint density at radius 1 is 1.32 bits per heavy atom. The Balaban J connectivity index is 1.59. The van der Waals surface area contributed by atoms with Crippen molar-refractivity contribution in [2.45, 2.75) is 51.1 Å². The second kappa shape index (κ2) is 5.55. The molecule has 5 nitrogen and oxygen atoms in total. The highest BCUT2D eigenvalue weighted by molar-refractivity contribution is 5.74. The molecule has 0 atom stereocenters. The number of amides is 2. The lowest BCUT2D eigenvalue weighted by molar-refractivity contribution is 0.184. The molecule has 2 aliphatic rings. The summed E-state index contributed by atoms with van der Waals surface area (Å²) in [6, 6.07) is 0.441. The van der Waals surface area contributed by atoms with E-state index in [9.17, 15) is 4.79 Å². The van der Waals surface area contributed by atoms with Gasteiger partial charge in [0.1, 0.15) is 6.33 Å². The Morgan fingerprint density at radius 3 is 3.00 bits per heavy atom. The van der Waals surface area contributed by atoms with Gasteiger partial charge in [0.05, 0.1) is 12.2 Å². The highest BCUT2D eigenvalue weighted by Gasteiger charge is 2.24. The van der Waals surface area contributed by atoms with Gasteiger partial charge in [0.25, 0.3) is 0 Å². The van der Waals surface area contributed by atoms with Crippen LogP contribution in [0.15, 0.2) is 12.5 Å². The molecular formula is C14H20N4O. The highest BCUT2D eigenvalue weighted by atomic mass is 16.2. The van der Waals surface area contributed by atoms with Crippen molar-refractivity contribution in [3.05, 3.63) is 23.8 Å². The first-order valence-corrected chi connectivity index (χ1v) is 7.16. The summed E-state index contributed by atoms with van der Waals surface area (Å²) in [6.45, 7) is 1.39. The molecule has 0 bridgehead atoms. The summed E-state index contributed by atoms with van der Waals surface area (Å²) in [7, 11) is 0. The van der Waals surface area contributed by atoms with Crippen molar-refractivity contribution in [2.24, 2.45) is 0 Å². The largest absolute Gasteiger partial charge is 0.335 e. The molecule has 0 saturated heterocycles. The zero-order chi connectivity index (χ0) is 13.1. The molecule has 1 saturated carbocycles. The molecule has 1 aliphatic carbocycles. The van der Waals surface area contributed by atoms with Crippen molar-refractivity contribution in [3.63, 3.8) is 0 Å². The van der Waals surface area contributed by atoms with Crippen molar-refractivity contribution >= 4 is 6.03 Å². The second-order valence-electron chi connectivity index (χ2n) is 5.45. The van der Waals surface area contributed by atoms with E-state index in [4.69, 9.17) is 0 Å². The van der Waals surface area contributed by atoms with Crippen LogP contribution < -0.4 is 5.32 Å². The topological polar surface area (TPSA) is 58.1 Å². The minimum atomic E-state index is 0.0707. The molecule has 102 valence electrons. The van der Waals surface area contributed by atoms with Gasteiger partial charge in [0, 0.05) is 30.8 Å². The van der Waals surface area contributed by atoms with Gasteiger partial charge in [-0.05, 0) is 12.8 Å². The zero-order valence-corrected chi connectivity index (χ0v) is 11.1. The molecule has 1 fully saturated rings. The molecule has 0 unspecified atom stereocenters. The predicted molar refractivity (Wildman–Crippen MR) is 71.6 cm³/mol. The number of nitrogens with one attached hydrogen (secondary N) is 1. The fourth-order valence-corrected chi connectivity index (χ4v) is 2.95. The van der Waals surface area contributed by atoms with Crippen LogP contribution in [0.4, 0.5) is 4.79 Å². The zero-order valence-electron chi connectivity index (χ0n) is 11.1. The minimum Gasteiger partial charge on any atom is -0.335 e. The fourth-order valence-electron chi connectivity index (χ4n) is 2.95. The average Bonchev–Trinajstić information content (AvgIpc) is 2.48. The van der Waals surface area contributed by atoms with E-state index < -0.39 is 0 Å². The maximum Gasteiger partial charge on any atom is 0.317 e. The van der Waals surface area contributed by atoms with Crippen LogP contribution in [0.5, 0.6) is 0 Å². The van der Waals surface area contributed by atoms with Gasteiger partial charge >= 0.3 is 6.03 Å². The summed E-state index contributed by atoms with van der Waals surface area (Å²) < 4.78 is 0. The molecule has 0 radical (unpaired) electrons. The summed E-state index contributed by atoms with van der Waals surface area (Å²) in [5, 5.41) is 3.17. The van der Waals surface area contributed by atoms with E-state index >= 15 is 0 Å². The first-order chi connectivity index (χ1) is 9.33. The molecular weight excluding hydrogens is 240 g/mol. The molecule has 1 aliphatic heterocycles. The van der Waals surface area contributed by atoms with Crippen LogP contribution in [-0.2, 0) is 13.0 Å². The first kappa shape index (κ1) is 12.4. The van der Waals surface area contributed by atoms with Crippen LogP contribution in [0.25, 0.3) is 0 Å². The molecule has 5 heteroatoms. The Morgan fingerprint density at radius 2 is 2.16 bits per heavy atom. The summed E-state index contributed by atoms with van der Waals surface area (Å²) in [5.74, 6) is 0. The van der Waals surface area contributed by atoms with Crippen LogP contribution in [0.1, 0.15) is 43.4 Å². The van der Waals surface area contributed by atoms with Gasteiger partial charge in [-0.2, -0.15) is 0 Å². The standard InChI is InChI=1S/C14H20N4O/c19-14(17-12-4-2-1-3-5-12)18-7-6-13-11(9-18)8-15-10-16-13/h8,10,12H,1-7,9H2,(H,17,19). The fraction of sp³-hybridized carbons (Fsp3) is 0.643. The van der Waals surface area contributed by atoms with Gasteiger partial charge in [-0.25, -0.2) is 14.8 Å². The molecule has 2 heterocycles. The molecule has 0 spiro atoms. The number of fused-ring (bicyclic) bond motifs is 1. The number of aromatic nitrogens is 2. The normalized spacial score (nSPS) is 19.9. The van der Waals surface area contributed by atoms with Gasteiger partial charge < -0.3 is 10.2 Å². The second-order valence-corrected chi connectivity index (χ2v) is 5.45. The summed E-state index contributed by atoms with van der Waals surface area (Å²) in [5.41, 5.74) is 2.16. The first-order valence-electron chi connectivity index (χ1n) is 7.16. The van der Waals surface area contributed by atoms with Crippen LogP contribution >= 0.6 is 0 Å². The van der Waals surface area contributed by atoms with E-state index in [1.807, 2.05) is 11.1 Å². The average molecular weight is 260 g/mol. The third-order valence-electron chi connectivity index (χ3n) is 4.08. The lowest BCUT2D eigenvalue weighted by Crippen LogP contribution is -2.47. The number of hydrogen-bond donors (Lipinski definition) is 1. The Hall–Kier alpha value is -1.65. The SMILES string of the molecule is O=C(NC1CCCCC1)N1CCc2ncncc2C1. The summed E-state index contributed by atoms with van der Waals surface area (Å²) in [4.78, 5) is 22.4. The van der Waals surface area contributed by atoms with Crippen LogP contribution in [-0.4, -0.2) is 33.5 Å². The van der Waals surface area contributed by atoms with Gasteiger partial charge in [-0.3, -0.25) is 0 Å². The van der Waals surface area contributed by atoms with Gasteiger partial charge in [-0.1, -0.05) is 19.3 Å². The molecule has 19 heavy (non-hydrogen) atoms. The third kappa shape index (κ3) is 2.85. The van der Waals surface area contributed by atoms with E-state index in [1.54, 1.807) is 6.33 Å². The Bertz CT molecular complexity index is 457. The molecule has 1 aromatic rings. The Labute approximate surface area is 113 Å². The minimum absolute atomic E-state index is 0.0707. The van der Waals surface area contributed by atoms with E-state index in [-0.39, 0.29) is 6.03 Å². The van der Waals surface area contributed by atoms with E-state index in [0.29, 0.717) is 12.6 Å². The molecule has 1 aromatic heterocycles. The van der Waals surface area contributed by atoms with Gasteiger partial charge in [0.2, 0.25) is 0 Å². The lowest BCUT2D eigenvalue weighted by Gasteiger charge is -2.31. The number of nitrogens with zero attached hydrogens (tertiary/aromatic N) is 3. The van der Waals surface area contributed by atoms with E-state index in [0.717, 1.165) is 37.1 Å². The van der Waals surface area contributed by atoms with Crippen LogP contribution in [0, 0.1) is 0 Å². The quantitative estimate of drug-likeness (QED) is 0.838. The van der Waals surface area contributed by atoms with Gasteiger partial charge in [-0.15, -0.1) is 0 Å². The maximum atomic E-state index is 12.3. The molecule has 2 amide bonds. The smallest absolute Gasteiger partial charge is 0.317 e. The number of rotatable bonds is 1. The van der Waals surface area contributed by atoms with Crippen molar-refractivity contribution in [2.75, 3.05) is 6.54 Å². The van der Waals surface area contributed by atoms with Crippen molar-refractivity contribution in [1.29, 1.82) is 0 Å². The number of carbonyl (C=O) groups is 1. The highest BCUT2D eigenvalue weighted by Crippen LogP contribution is 2.19. The van der Waals surface area contributed by atoms with Crippen molar-refractivity contribution in [1.82, 2.24) is 20.2 Å². The number of urea groups is 1. The van der Waals surface area contributed by atoms with E-state index in [1.165, 1.54) is 19.3 Å². The predicted octanol–water partition coefficient (Wildman–Crippen LogP) is 1.88. The molecule has 3 rings (SSSR count). The lowest BCUT2D eigenvalue weighted by atomic mass is 9.96. The molecule has 1 N–H and O–H groups in total. The van der Waals surface area contributed by atoms with E-state index in [2.05, 4.69) is 15.3 Å². The number of hydrogen-bond acceptors (Lipinski definition) is 3. The monoisotopic (exact) mass is 260 g/mol. The number of carbonyl (C=O) groups excluding carboxylic acids is 1. The van der Waals surface area contributed by atoms with Crippen molar-refractivity contribution < 1.29 is 4.79 Å². The maximum absolute atomic E-state index is 12.3.